The largest absolute Gasteiger partial charge is 0.366 e. The van der Waals surface area contributed by atoms with Gasteiger partial charge < -0.3 is 11.5 Å². The summed E-state index contributed by atoms with van der Waals surface area (Å²) in [6.07, 6.45) is 2.88. The fourth-order valence-electron chi connectivity index (χ4n) is 2.28. The molecule has 0 fully saturated rings. The minimum atomic E-state index is -0.492. The van der Waals surface area contributed by atoms with Crippen LogP contribution < -0.4 is 11.5 Å². The predicted molar refractivity (Wildman–Crippen MR) is 106 cm³/mol. The van der Waals surface area contributed by atoms with Gasteiger partial charge in [-0.05, 0) is 36.4 Å². The van der Waals surface area contributed by atoms with E-state index in [1.165, 1.54) is 12.4 Å². The Kier molecular flexibility index (Phi) is 5.62. The second-order valence-corrected chi connectivity index (χ2v) is 6.30. The molecule has 28 heavy (non-hydrogen) atoms. The van der Waals surface area contributed by atoms with Gasteiger partial charge >= 0.3 is 0 Å². The van der Waals surface area contributed by atoms with Crippen LogP contribution in [0.2, 0.25) is 10.3 Å². The maximum atomic E-state index is 10.9. The van der Waals surface area contributed by atoms with E-state index in [1.54, 1.807) is 36.4 Å². The van der Waals surface area contributed by atoms with Crippen LogP contribution in [0.4, 0.5) is 0 Å². The van der Waals surface area contributed by atoms with E-state index in [0.717, 1.165) is 0 Å². The van der Waals surface area contributed by atoms with Gasteiger partial charge in [-0.25, -0.2) is 9.97 Å². The monoisotopic (exact) mass is 414 g/mol. The van der Waals surface area contributed by atoms with Crippen LogP contribution in [0.1, 0.15) is 20.7 Å². The lowest BCUT2D eigenvalue weighted by molar-refractivity contribution is 0.0992. The molecule has 2 aromatic carbocycles. The first-order valence-electron chi connectivity index (χ1n) is 7.78. The zero-order valence-electron chi connectivity index (χ0n) is 14.1. The molecule has 0 atom stereocenters. The van der Waals surface area contributed by atoms with Crippen LogP contribution in [0.15, 0.2) is 48.8 Å². The molecule has 0 aliphatic heterocycles. The Morgan fingerprint density at radius 3 is 1.71 bits per heavy atom. The average molecular weight is 415 g/mol. The molecule has 0 bridgehead atoms. The number of nitrogens with two attached hydrogens (primary N) is 2. The summed E-state index contributed by atoms with van der Waals surface area (Å²) in [6.45, 7) is 0. The van der Waals surface area contributed by atoms with Crippen molar-refractivity contribution in [3.05, 3.63) is 70.2 Å². The fraction of sp³-hybridized carbons (Fsp3) is 0. The highest BCUT2D eigenvalue weighted by Crippen LogP contribution is 2.15. The maximum Gasteiger partial charge on any atom is 0.248 e. The third-order valence-corrected chi connectivity index (χ3v) is 3.96. The molecule has 0 unspecified atom stereocenters. The van der Waals surface area contributed by atoms with Crippen LogP contribution in [0.3, 0.4) is 0 Å². The number of hydrogen-bond donors (Lipinski definition) is 2. The molecule has 4 rings (SSSR count). The summed E-state index contributed by atoms with van der Waals surface area (Å²) in [5, 5.41) is 0.614. The van der Waals surface area contributed by atoms with Crippen LogP contribution in [-0.4, -0.2) is 31.8 Å². The molecule has 0 spiro atoms. The van der Waals surface area contributed by atoms with Gasteiger partial charge in [0, 0.05) is 11.1 Å². The van der Waals surface area contributed by atoms with E-state index in [4.69, 9.17) is 34.7 Å². The molecule has 0 saturated heterocycles. The van der Waals surface area contributed by atoms with Crippen molar-refractivity contribution in [2.24, 2.45) is 11.5 Å². The van der Waals surface area contributed by atoms with Gasteiger partial charge in [0.15, 0.2) is 0 Å². The summed E-state index contributed by atoms with van der Waals surface area (Å²) in [5.41, 5.74) is 13.5. The van der Waals surface area contributed by atoms with E-state index in [9.17, 15) is 9.59 Å². The minimum absolute atomic E-state index is 0.291. The normalized spacial score (nSPS) is 10.4. The number of rotatable bonds is 2. The molecule has 140 valence electrons. The standard InChI is InChI=1S/2C9H6ClN3O/c10-8-4-12-7-3-5(9(11)14)1-2-6(7)13-8;10-8-4-12-6-2-1-5(9(11)14)3-7(6)13-8/h2*1-4H,(H2,11,14). The molecule has 0 saturated carbocycles. The Morgan fingerprint density at radius 1 is 0.679 bits per heavy atom. The Morgan fingerprint density at radius 2 is 1.14 bits per heavy atom. The summed E-state index contributed by atoms with van der Waals surface area (Å²) >= 11 is 11.3. The first-order chi connectivity index (χ1) is 13.3. The number of hydrogen-bond acceptors (Lipinski definition) is 6. The van der Waals surface area contributed by atoms with E-state index in [-0.39, 0.29) is 0 Å². The van der Waals surface area contributed by atoms with Gasteiger partial charge in [-0.1, -0.05) is 23.2 Å². The summed E-state index contributed by atoms with van der Waals surface area (Å²) in [4.78, 5) is 37.8. The Hall–Kier alpha value is -3.36. The van der Waals surface area contributed by atoms with E-state index in [1.807, 2.05) is 0 Å². The summed E-state index contributed by atoms with van der Waals surface area (Å²) < 4.78 is 0. The summed E-state index contributed by atoms with van der Waals surface area (Å²) in [5.74, 6) is -0.975. The smallest absolute Gasteiger partial charge is 0.248 e. The Labute approximate surface area is 168 Å². The van der Waals surface area contributed by atoms with Crippen molar-refractivity contribution < 1.29 is 9.59 Å². The number of fused-ring (bicyclic) bond motifs is 2. The van der Waals surface area contributed by atoms with Crippen molar-refractivity contribution in [3.8, 4) is 0 Å². The Bertz CT molecular complexity index is 1220. The van der Waals surface area contributed by atoms with Crippen molar-refractivity contribution >= 4 is 57.1 Å². The van der Waals surface area contributed by atoms with Crippen LogP contribution in [-0.2, 0) is 0 Å². The third-order valence-electron chi connectivity index (χ3n) is 3.59. The molecular weight excluding hydrogens is 403 g/mol. The second-order valence-electron chi connectivity index (χ2n) is 5.52. The topological polar surface area (TPSA) is 138 Å². The summed E-state index contributed by atoms with van der Waals surface area (Å²) in [6, 6.07) is 9.69. The number of benzene rings is 2. The lowest BCUT2D eigenvalue weighted by atomic mass is 10.2. The number of aromatic nitrogens is 4. The van der Waals surface area contributed by atoms with Gasteiger partial charge in [-0.2, -0.15) is 0 Å². The molecule has 2 amide bonds. The van der Waals surface area contributed by atoms with Gasteiger partial charge in [0.1, 0.15) is 10.3 Å². The average Bonchev–Trinajstić information content (AvgIpc) is 2.67. The number of halogens is 2. The third kappa shape index (κ3) is 4.48. The van der Waals surface area contributed by atoms with Crippen molar-refractivity contribution in [1.82, 2.24) is 19.9 Å². The molecular formula is C18H12Cl2N6O2. The molecule has 2 heterocycles. The molecule has 10 heteroatoms. The molecule has 0 aliphatic carbocycles. The molecule has 0 aliphatic rings. The van der Waals surface area contributed by atoms with Crippen molar-refractivity contribution in [1.29, 1.82) is 0 Å². The summed E-state index contributed by atoms with van der Waals surface area (Å²) in [7, 11) is 0. The highest BCUT2D eigenvalue weighted by atomic mass is 35.5. The van der Waals surface area contributed by atoms with Crippen molar-refractivity contribution in [2.75, 3.05) is 0 Å². The zero-order valence-corrected chi connectivity index (χ0v) is 15.6. The van der Waals surface area contributed by atoms with Crippen LogP contribution in [0, 0.1) is 0 Å². The van der Waals surface area contributed by atoms with Crippen LogP contribution in [0.5, 0.6) is 0 Å². The lowest BCUT2D eigenvalue weighted by Gasteiger charge is -1.98. The van der Waals surface area contributed by atoms with Crippen LogP contribution >= 0.6 is 23.2 Å². The minimum Gasteiger partial charge on any atom is -0.366 e. The zero-order chi connectivity index (χ0) is 20.3. The van der Waals surface area contributed by atoms with Crippen molar-refractivity contribution in [2.45, 2.75) is 0 Å². The van der Waals surface area contributed by atoms with E-state index < -0.39 is 11.8 Å². The van der Waals surface area contributed by atoms with Crippen molar-refractivity contribution in [3.63, 3.8) is 0 Å². The predicted octanol–water partition coefficient (Wildman–Crippen LogP) is 2.76. The number of nitrogens with zero attached hydrogens (tertiary/aromatic N) is 4. The molecule has 8 nitrogen and oxygen atoms in total. The van der Waals surface area contributed by atoms with Crippen LogP contribution in [0.25, 0.3) is 22.1 Å². The first-order valence-corrected chi connectivity index (χ1v) is 8.53. The van der Waals surface area contributed by atoms with Gasteiger partial charge in [0.25, 0.3) is 0 Å². The molecule has 0 radical (unpaired) electrons. The van der Waals surface area contributed by atoms with Gasteiger partial charge in [-0.15, -0.1) is 0 Å². The van der Waals surface area contributed by atoms with E-state index in [2.05, 4.69) is 19.9 Å². The number of carbonyl (C=O) groups excluding carboxylic acids is 2. The number of carbonyl (C=O) groups is 2. The quantitative estimate of drug-likeness (QED) is 0.516. The molecule has 2 aromatic heterocycles. The lowest BCUT2D eigenvalue weighted by Crippen LogP contribution is -2.10. The SMILES string of the molecule is NC(=O)c1ccc2nc(Cl)cnc2c1.NC(=O)c1ccc2ncc(Cl)nc2c1. The fourth-order valence-corrected chi connectivity index (χ4v) is 2.56. The highest BCUT2D eigenvalue weighted by Gasteiger charge is 2.04. The second kappa shape index (κ2) is 8.12. The molecule has 4 aromatic rings. The van der Waals surface area contributed by atoms with E-state index in [0.29, 0.717) is 43.5 Å². The van der Waals surface area contributed by atoms with Gasteiger partial charge in [0.05, 0.1) is 34.5 Å². The van der Waals surface area contributed by atoms with E-state index >= 15 is 0 Å². The Balaban J connectivity index is 0.000000161. The van der Waals surface area contributed by atoms with Gasteiger partial charge in [-0.3, -0.25) is 19.6 Å². The molecule has 4 N–H and O–H groups in total. The van der Waals surface area contributed by atoms with Gasteiger partial charge in [0.2, 0.25) is 11.8 Å². The highest BCUT2D eigenvalue weighted by molar-refractivity contribution is 6.29. The first kappa shape index (κ1) is 19.4. The number of amides is 2. The number of primary amides is 2. The maximum absolute atomic E-state index is 10.9.